The zero-order valence-electron chi connectivity index (χ0n) is 5.85. The molecule has 4 heteroatoms. The summed E-state index contributed by atoms with van der Waals surface area (Å²) < 4.78 is 0. The number of thioether (sulfide) groups is 1. The highest BCUT2D eigenvalue weighted by Crippen LogP contribution is 1.88. The van der Waals surface area contributed by atoms with E-state index in [1.807, 2.05) is 13.2 Å². The van der Waals surface area contributed by atoms with Gasteiger partial charge in [-0.1, -0.05) is 12.6 Å². The second-order valence-corrected chi connectivity index (χ2v) is 2.30. The molecule has 0 aromatic heterocycles. The molecule has 56 valence electrons. The number of hydrogen-bond donors (Lipinski definition) is 1. The third-order valence-electron chi connectivity index (χ3n) is 0.601. The Morgan fingerprint density at radius 3 is 2.78 bits per heavy atom. The maximum atomic E-state index is 4.80. The van der Waals surface area contributed by atoms with Gasteiger partial charge < -0.3 is 0 Å². The Balaban J connectivity index is 2.60. The van der Waals surface area contributed by atoms with Crippen LogP contribution in [0.3, 0.4) is 0 Å². The molecule has 0 saturated carbocycles. The van der Waals surface area contributed by atoms with E-state index in [-0.39, 0.29) is 0 Å². The van der Waals surface area contributed by atoms with Crippen LogP contribution < -0.4 is 5.64 Å². The van der Waals surface area contributed by atoms with Crippen molar-refractivity contribution >= 4 is 11.8 Å². The minimum absolute atomic E-state index is 0.615. The van der Waals surface area contributed by atoms with Crippen LogP contribution in [0.25, 0.3) is 0 Å². The van der Waals surface area contributed by atoms with Gasteiger partial charge in [0.25, 0.3) is 0 Å². The van der Waals surface area contributed by atoms with Crippen LogP contribution >= 0.6 is 11.8 Å². The van der Waals surface area contributed by atoms with E-state index in [9.17, 15) is 0 Å². The molecule has 0 bridgehead atoms. The summed E-state index contributed by atoms with van der Waals surface area (Å²) in [6.45, 7) is 2.73. The van der Waals surface area contributed by atoms with Crippen LogP contribution in [0.15, 0.2) is 0 Å². The molecule has 0 unspecified atom stereocenters. The SMILES string of the molecule is CCCONOCSC. The fourth-order valence-electron chi connectivity index (χ4n) is 0.268. The molecule has 0 spiro atoms. The summed E-state index contributed by atoms with van der Waals surface area (Å²) in [5.41, 5.74) is 2.37. The van der Waals surface area contributed by atoms with Gasteiger partial charge in [0.2, 0.25) is 0 Å². The molecule has 0 aliphatic heterocycles. The predicted octanol–water partition coefficient (Wildman–Crippen LogP) is 1.17. The molecule has 0 heterocycles. The van der Waals surface area contributed by atoms with Crippen molar-refractivity contribution in [1.82, 2.24) is 5.64 Å². The molecule has 9 heavy (non-hydrogen) atoms. The minimum atomic E-state index is 0.615. The average Bonchev–Trinajstić information content (AvgIpc) is 1.89. The molecule has 0 saturated heterocycles. The lowest BCUT2D eigenvalue weighted by atomic mass is 10.5. The minimum Gasteiger partial charge on any atom is -0.277 e. The fraction of sp³-hybridized carbons (Fsp3) is 1.00. The molecule has 3 nitrogen and oxygen atoms in total. The number of nitrogens with one attached hydrogen (secondary N) is 1. The summed E-state index contributed by atoms with van der Waals surface area (Å²) in [4.78, 5) is 9.57. The van der Waals surface area contributed by atoms with Crippen molar-refractivity contribution in [1.29, 1.82) is 0 Å². The van der Waals surface area contributed by atoms with Gasteiger partial charge in [-0.2, -0.15) is 0 Å². The first-order chi connectivity index (χ1) is 4.41. The van der Waals surface area contributed by atoms with E-state index in [2.05, 4.69) is 5.64 Å². The smallest absolute Gasteiger partial charge is 0.116 e. The molecule has 0 radical (unpaired) electrons. The Kier molecular flexibility index (Phi) is 8.44. The van der Waals surface area contributed by atoms with E-state index in [0.29, 0.717) is 12.5 Å². The third-order valence-corrected chi connectivity index (χ3v) is 0.954. The van der Waals surface area contributed by atoms with Crippen molar-refractivity contribution in [3.63, 3.8) is 0 Å². The predicted molar refractivity (Wildman–Crippen MR) is 38.8 cm³/mol. The highest BCUT2D eigenvalue weighted by atomic mass is 32.2. The Morgan fingerprint density at radius 2 is 2.22 bits per heavy atom. The number of rotatable bonds is 6. The van der Waals surface area contributed by atoms with Crippen molar-refractivity contribution in [3.8, 4) is 0 Å². The molecule has 0 rings (SSSR count). The Morgan fingerprint density at radius 1 is 1.44 bits per heavy atom. The van der Waals surface area contributed by atoms with Gasteiger partial charge in [0, 0.05) is 0 Å². The zero-order valence-corrected chi connectivity index (χ0v) is 6.66. The van der Waals surface area contributed by atoms with Gasteiger partial charge in [-0.15, -0.1) is 11.8 Å². The van der Waals surface area contributed by atoms with Gasteiger partial charge in [-0.3, -0.25) is 9.68 Å². The van der Waals surface area contributed by atoms with E-state index in [0.717, 1.165) is 6.42 Å². The van der Waals surface area contributed by atoms with Crippen molar-refractivity contribution < 1.29 is 9.68 Å². The summed E-state index contributed by atoms with van der Waals surface area (Å²) in [5, 5.41) is 0. The summed E-state index contributed by atoms with van der Waals surface area (Å²) in [6, 6.07) is 0. The Labute approximate surface area is 60.0 Å². The van der Waals surface area contributed by atoms with E-state index in [4.69, 9.17) is 9.68 Å². The lowest BCUT2D eigenvalue weighted by Gasteiger charge is -2.01. The van der Waals surface area contributed by atoms with Gasteiger partial charge in [-0.25, -0.2) is 0 Å². The van der Waals surface area contributed by atoms with Crippen LogP contribution in [-0.4, -0.2) is 18.8 Å². The van der Waals surface area contributed by atoms with E-state index >= 15 is 0 Å². The average molecular weight is 151 g/mol. The van der Waals surface area contributed by atoms with Gasteiger partial charge in [0.15, 0.2) is 0 Å². The third kappa shape index (κ3) is 8.23. The maximum Gasteiger partial charge on any atom is 0.116 e. The van der Waals surface area contributed by atoms with Crippen LogP contribution in [0, 0.1) is 0 Å². The molecule has 0 fully saturated rings. The first kappa shape index (κ1) is 9.23. The first-order valence-electron chi connectivity index (χ1n) is 2.89. The van der Waals surface area contributed by atoms with E-state index < -0.39 is 0 Å². The molecule has 0 aliphatic carbocycles. The molecular formula is C5H13NO2S. The standard InChI is InChI=1S/C5H13NO2S/c1-3-4-7-6-8-5-9-2/h6H,3-5H2,1-2H3. The second-order valence-electron chi connectivity index (χ2n) is 1.48. The fourth-order valence-corrected chi connectivity index (χ4v) is 0.434. The van der Waals surface area contributed by atoms with Gasteiger partial charge in [-0.05, 0) is 12.7 Å². The largest absolute Gasteiger partial charge is 0.277 e. The Bertz CT molecular complexity index is 48.2. The van der Waals surface area contributed by atoms with Crippen molar-refractivity contribution in [2.45, 2.75) is 13.3 Å². The van der Waals surface area contributed by atoms with Crippen molar-refractivity contribution in [3.05, 3.63) is 0 Å². The molecule has 0 amide bonds. The van der Waals surface area contributed by atoms with Gasteiger partial charge in [0.05, 0.1) is 6.61 Å². The van der Waals surface area contributed by atoms with Crippen LogP contribution in [0.2, 0.25) is 0 Å². The molecule has 0 aromatic carbocycles. The summed E-state index contributed by atoms with van der Waals surface area (Å²) in [5.74, 6) is 0.615. The van der Waals surface area contributed by atoms with Crippen LogP contribution in [-0.2, 0) is 9.68 Å². The van der Waals surface area contributed by atoms with E-state index in [1.165, 1.54) is 0 Å². The van der Waals surface area contributed by atoms with Crippen LogP contribution in [0.1, 0.15) is 13.3 Å². The normalized spacial score (nSPS) is 10.0. The molecule has 0 aromatic rings. The lowest BCUT2D eigenvalue weighted by molar-refractivity contribution is -0.156. The Hall–Kier alpha value is 0.230. The molecule has 0 aliphatic rings. The second kappa shape index (κ2) is 8.23. The summed E-state index contributed by atoms with van der Waals surface area (Å²) in [6.07, 6.45) is 2.96. The van der Waals surface area contributed by atoms with Crippen LogP contribution in [0.4, 0.5) is 0 Å². The number of hydrogen-bond acceptors (Lipinski definition) is 4. The van der Waals surface area contributed by atoms with Crippen LogP contribution in [0.5, 0.6) is 0 Å². The summed E-state index contributed by atoms with van der Waals surface area (Å²) in [7, 11) is 0. The van der Waals surface area contributed by atoms with Gasteiger partial charge >= 0.3 is 0 Å². The molecule has 1 N–H and O–H groups in total. The highest BCUT2D eigenvalue weighted by molar-refractivity contribution is 7.98. The topological polar surface area (TPSA) is 30.5 Å². The molecule has 0 atom stereocenters. The zero-order chi connectivity index (χ0) is 6.95. The highest BCUT2D eigenvalue weighted by Gasteiger charge is 1.82. The summed E-state index contributed by atoms with van der Waals surface area (Å²) >= 11 is 1.59. The maximum absolute atomic E-state index is 4.80. The monoisotopic (exact) mass is 151 g/mol. The lowest BCUT2D eigenvalue weighted by Crippen LogP contribution is -2.15. The quantitative estimate of drug-likeness (QED) is 0.351. The first-order valence-corrected chi connectivity index (χ1v) is 4.28. The van der Waals surface area contributed by atoms with Crippen molar-refractivity contribution in [2.24, 2.45) is 0 Å². The van der Waals surface area contributed by atoms with Gasteiger partial charge in [0.1, 0.15) is 5.94 Å². The van der Waals surface area contributed by atoms with E-state index in [1.54, 1.807) is 11.8 Å². The molecular weight excluding hydrogens is 138 g/mol. The van der Waals surface area contributed by atoms with Crippen molar-refractivity contribution in [2.75, 3.05) is 18.8 Å².